The van der Waals surface area contributed by atoms with E-state index in [4.69, 9.17) is 11.6 Å². The highest BCUT2D eigenvalue weighted by molar-refractivity contribution is 9.10. The first-order valence-corrected chi connectivity index (χ1v) is 9.34. The van der Waals surface area contributed by atoms with E-state index in [2.05, 4.69) is 26.6 Å². The van der Waals surface area contributed by atoms with Gasteiger partial charge in [-0.3, -0.25) is 14.5 Å². The number of hydrogen-bond acceptors (Lipinski definition) is 3. The van der Waals surface area contributed by atoms with Crippen molar-refractivity contribution in [2.45, 2.75) is 19.4 Å². The lowest BCUT2D eigenvalue weighted by Gasteiger charge is -2.22. The fraction of sp³-hybridized carbons (Fsp3) is 0.211. The zero-order valence-corrected chi connectivity index (χ0v) is 17.0. The normalized spacial score (nSPS) is 19.2. The Kier molecular flexibility index (Phi) is 5.26. The van der Waals surface area contributed by atoms with Gasteiger partial charge in [0, 0.05) is 15.2 Å². The number of hydrogen-bond donors (Lipinski definition) is 2. The predicted molar refractivity (Wildman–Crippen MR) is 107 cm³/mol. The van der Waals surface area contributed by atoms with Gasteiger partial charge in [-0.25, -0.2) is 4.79 Å². The van der Waals surface area contributed by atoms with E-state index in [0.29, 0.717) is 16.3 Å². The first-order valence-electron chi connectivity index (χ1n) is 8.17. The SMILES string of the molecule is Cc1ccc(NC(=O)CN2C(=O)NC(C)(c3ccc(Cl)cc3)C2=O)cc1Br. The molecule has 3 rings (SSSR count). The molecule has 140 valence electrons. The van der Waals surface area contributed by atoms with E-state index in [0.717, 1.165) is 14.9 Å². The summed E-state index contributed by atoms with van der Waals surface area (Å²) in [4.78, 5) is 38.4. The molecular weight excluding hydrogens is 434 g/mol. The van der Waals surface area contributed by atoms with Crippen molar-refractivity contribution in [3.05, 3.63) is 63.1 Å². The Hall–Kier alpha value is -2.38. The highest BCUT2D eigenvalue weighted by atomic mass is 79.9. The number of aryl methyl sites for hydroxylation is 1. The van der Waals surface area contributed by atoms with Crippen LogP contribution in [-0.4, -0.2) is 29.3 Å². The molecule has 0 saturated carbocycles. The second-order valence-electron chi connectivity index (χ2n) is 6.47. The standard InChI is InChI=1S/C19H17BrClN3O3/c1-11-3-8-14(9-15(11)20)22-16(25)10-24-17(26)19(2,23-18(24)27)12-4-6-13(21)7-5-12/h3-9H,10H2,1-2H3,(H,22,25)(H,23,27). The lowest BCUT2D eigenvalue weighted by molar-refractivity contribution is -0.133. The summed E-state index contributed by atoms with van der Waals surface area (Å²) < 4.78 is 0.852. The van der Waals surface area contributed by atoms with Crippen LogP contribution in [0.5, 0.6) is 0 Å². The van der Waals surface area contributed by atoms with Crippen molar-refractivity contribution in [3.8, 4) is 0 Å². The van der Waals surface area contributed by atoms with Gasteiger partial charge in [-0.15, -0.1) is 0 Å². The molecule has 1 atom stereocenters. The number of urea groups is 1. The van der Waals surface area contributed by atoms with Gasteiger partial charge in [0.25, 0.3) is 5.91 Å². The minimum Gasteiger partial charge on any atom is -0.324 e. The minimum absolute atomic E-state index is 0.376. The van der Waals surface area contributed by atoms with E-state index in [-0.39, 0.29) is 6.54 Å². The Morgan fingerprint density at radius 2 is 1.89 bits per heavy atom. The van der Waals surface area contributed by atoms with Crippen molar-refractivity contribution < 1.29 is 14.4 Å². The summed E-state index contributed by atoms with van der Waals surface area (Å²) in [5.41, 5.74) is 0.955. The number of carbonyl (C=O) groups excluding carboxylic acids is 3. The van der Waals surface area contributed by atoms with Gasteiger partial charge in [-0.2, -0.15) is 0 Å². The number of nitrogens with one attached hydrogen (secondary N) is 2. The van der Waals surface area contributed by atoms with Crippen molar-refractivity contribution in [2.24, 2.45) is 0 Å². The molecule has 1 aliphatic rings. The van der Waals surface area contributed by atoms with Crippen molar-refractivity contribution in [1.82, 2.24) is 10.2 Å². The fourth-order valence-corrected chi connectivity index (χ4v) is 3.34. The molecule has 6 nitrogen and oxygen atoms in total. The smallest absolute Gasteiger partial charge is 0.324 e. The van der Waals surface area contributed by atoms with E-state index in [1.165, 1.54) is 0 Å². The third kappa shape index (κ3) is 3.84. The van der Waals surface area contributed by atoms with E-state index in [1.807, 2.05) is 13.0 Å². The van der Waals surface area contributed by atoms with Crippen LogP contribution in [-0.2, 0) is 15.1 Å². The van der Waals surface area contributed by atoms with E-state index >= 15 is 0 Å². The Morgan fingerprint density at radius 3 is 2.52 bits per heavy atom. The third-order valence-corrected chi connectivity index (χ3v) is 5.56. The molecule has 0 spiro atoms. The number of carbonyl (C=O) groups is 3. The third-order valence-electron chi connectivity index (χ3n) is 4.45. The van der Waals surface area contributed by atoms with Gasteiger partial charge >= 0.3 is 6.03 Å². The van der Waals surface area contributed by atoms with Crippen molar-refractivity contribution in [3.63, 3.8) is 0 Å². The van der Waals surface area contributed by atoms with Gasteiger partial charge in [0.1, 0.15) is 12.1 Å². The summed E-state index contributed by atoms with van der Waals surface area (Å²) in [5, 5.41) is 5.88. The van der Waals surface area contributed by atoms with E-state index in [9.17, 15) is 14.4 Å². The summed E-state index contributed by atoms with van der Waals surface area (Å²) in [5.74, 6) is -0.954. The molecule has 0 bridgehead atoms. The summed E-state index contributed by atoms with van der Waals surface area (Å²) >= 11 is 9.28. The van der Waals surface area contributed by atoms with Crippen molar-refractivity contribution in [1.29, 1.82) is 0 Å². The number of halogens is 2. The molecule has 4 amide bonds. The molecule has 27 heavy (non-hydrogen) atoms. The second-order valence-corrected chi connectivity index (χ2v) is 7.76. The molecule has 1 heterocycles. The van der Waals surface area contributed by atoms with Gasteiger partial charge in [0.15, 0.2) is 0 Å². The molecule has 1 saturated heterocycles. The lowest BCUT2D eigenvalue weighted by Crippen LogP contribution is -2.42. The van der Waals surface area contributed by atoms with E-state index in [1.54, 1.807) is 43.3 Å². The van der Waals surface area contributed by atoms with Crippen molar-refractivity contribution in [2.75, 3.05) is 11.9 Å². The molecule has 1 unspecified atom stereocenters. The van der Waals surface area contributed by atoms with Crippen LogP contribution in [0.25, 0.3) is 0 Å². The Bertz CT molecular complexity index is 932. The van der Waals surface area contributed by atoms with Crippen LogP contribution in [0.1, 0.15) is 18.1 Å². The minimum atomic E-state index is -1.24. The number of nitrogens with zero attached hydrogens (tertiary/aromatic N) is 1. The molecule has 8 heteroatoms. The summed E-state index contributed by atoms with van der Waals surface area (Å²) in [7, 11) is 0. The maximum Gasteiger partial charge on any atom is 0.325 e. The fourth-order valence-electron chi connectivity index (χ4n) is 2.83. The first kappa shape index (κ1) is 19.4. The van der Waals surface area contributed by atoms with Crippen LogP contribution >= 0.6 is 27.5 Å². The summed E-state index contributed by atoms with van der Waals surface area (Å²) in [6, 6.07) is 11.4. The van der Waals surface area contributed by atoms with Crippen LogP contribution in [0.4, 0.5) is 10.5 Å². The second kappa shape index (κ2) is 7.32. The van der Waals surface area contributed by atoms with Crippen LogP contribution in [0.2, 0.25) is 5.02 Å². The average molecular weight is 451 g/mol. The highest BCUT2D eigenvalue weighted by Gasteiger charge is 2.49. The predicted octanol–water partition coefficient (Wildman–Crippen LogP) is 3.82. The monoisotopic (exact) mass is 449 g/mol. The molecule has 2 aromatic rings. The maximum absolute atomic E-state index is 12.8. The molecule has 0 aromatic heterocycles. The molecule has 0 aliphatic carbocycles. The van der Waals surface area contributed by atoms with Gasteiger partial charge in [0.05, 0.1) is 0 Å². The zero-order chi connectivity index (χ0) is 19.8. The highest BCUT2D eigenvalue weighted by Crippen LogP contribution is 2.29. The van der Waals surface area contributed by atoms with Crippen LogP contribution in [0.3, 0.4) is 0 Å². The number of rotatable bonds is 4. The van der Waals surface area contributed by atoms with E-state index < -0.39 is 23.4 Å². The number of anilines is 1. The molecule has 2 aromatic carbocycles. The van der Waals surface area contributed by atoms with Gasteiger partial charge in [-0.05, 0) is 49.2 Å². The zero-order valence-electron chi connectivity index (χ0n) is 14.7. The average Bonchev–Trinajstić information content (AvgIpc) is 2.83. The maximum atomic E-state index is 12.8. The molecule has 2 N–H and O–H groups in total. The molecule has 0 radical (unpaired) electrons. The Morgan fingerprint density at radius 1 is 1.22 bits per heavy atom. The molecule has 1 aliphatic heterocycles. The topological polar surface area (TPSA) is 78.5 Å². The Labute approximate surface area is 170 Å². The largest absolute Gasteiger partial charge is 0.325 e. The Balaban J connectivity index is 1.74. The van der Waals surface area contributed by atoms with Gasteiger partial charge < -0.3 is 10.6 Å². The summed E-state index contributed by atoms with van der Waals surface area (Å²) in [6.45, 7) is 3.16. The number of imide groups is 1. The van der Waals surface area contributed by atoms with Crippen LogP contribution in [0, 0.1) is 6.92 Å². The first-order chi connectivity index (χ1) is 12.7. The lowest BCUT2D eigenvalue weighted by atomic mass is 9.92. The summed E-state index contributed by atoms with van der Waals surface area (Å²) in [6.07, 6.45) is 0. The van der Waals surface area contributed by atoms with Crippen molar-refractivity contribution >= 4 is 51.1 Å². The van der Waals surface area contributed by atoms with Gasteiger partial charge in [0.2, 0.25) is 5.91 Å². The molecular formula is C19H17BrClN3O3. The van der Waals surface area contributed by atoms with Gasteiger partial charge in [-0.1, -0.05) is 45.7 Å². The van der Waals surface area contributed by atoms with Crippen LogP contribution in [0.15, 0.2) is 46.9 Å². The number of amides is 4. The quantitative estimate of drug-likeness (QED) is 0.695. The number of benzene rings is 2. The van der Waals surface area contributed by atoms with Crippen LogP contribution < -0.4 is 10.6 Å². The molecule has 1 fully saturated rings.